The van der Waals surface area contributed by atoms with E-state index in [2.05, 4.69) is 19.9 Å². The van der Waals surface area contributed by atoms with E-state index in [0.29, 0.717) is 5.92 Å². The van der Waals surface area contributed by atoms with E-state index in [-0.39, 0.29) is 0 Å². The fourth-order valence-corrected chi connectivity index (χ4v) is 1.49. The minimum atomic E-state index is -0.413. The van der Waals surface area contributed by atoms with Crippen LogP contribution in [0.5, 0.6) is 0 Å². The smallest absolute Gasteiger partial charge is 0.0860 e. The van der Waals surface area contributed by atoms with Gasteiger partial charge in [-0.1, -0.05) is 38.8 Å². The van der Waals surface area contributed by atoms with Crippen molar-refractivity contribution in [2.75, 3.05) is 0 Å². The molecule has 64 valence electrons. The first-order valence-corrected chi connectivity index (χ1v) is 4.63. The second kappa shape index (κ2) is 3.40. The standard InChI is InChI=1S/C10H18O/c1-3-5-6-7-10(11)8-9(10)4-2/h6-7,9,11H,3-5,8H2,1-2H3/b7-6+. The van der Waals surface area contributed by atoms with Gasteiger partial charge in [0.1, 0.15) is 0 Å². The minimum Gasteiger partial charge on any atom is -0.385 e. The monoisotopic (exact) mass is 154 g/mol. The molecule has 1 N–H and O–H groups in total. The zero-order valence-electron chi connectivity index (χ0n) is 7.51. The molecule has 11 heavy (non-hydrogen) atoms. The number of hydrogen-bond acceptors (Lipinski definition) is 1. The van der Waals surface area contributed by atoms with Crippen molar-refractivity contribution in [3.63, 3.8) is 0 Å². The van der Waals surface area contributed by atoms with Gasteiger partial charge in [-0.25, -0.2) is 0 Å². The molecule has 0 spiro atoms. The van der Waals surface area contributed by atoms with E-state index in [1.807, 2.05) is 6.08 Å². The Balaban J connectivity index is 2.27. The lowest BCUT2D eigenvalue weighted by atomic mass is 10.2. The van der Waals surface area contributed by atoms with Gasteiger partial charge in [-0.2, -0.15) is 0 Å². The van der Waals surface area contributed by atoms with Gasteiger partial charge in [0, 0.05) is 0 Å². The highest BCUT2D eigenvalue weighted by Crippen LogP contribution is 2.46. The first-order chi connectivity index (χ1) is 5.23. The second-order valence-corrected chi connectivity index (χ2v) is 3.49. The van der Waals surface area contributed by atoms with Gasteiger partial charge < -0.3 is 5.11 Å². The van der Waals surface area contributed by atoms with E-state index < -0.39 is 5.60 Å². The van der Waals surface area contributed by atoms with Crippen LogP contribution < -0.4 is 0 Å². The van der Waals surface area contributed by atoms with E-state index >= 15 is 0 Å². The first-order valence-electron chi connectivity index (χ1n) is 4.63. The lowest BCUT2D eigenvalue weighted by Gasteiger charge is -2.00. The minimum absolute atomic E-state index is 0.413. The Morgan fingerprint density at radius 3 is 2.73 bits per heavy atom. The van der Waals surface area contributed by atoms with Gasteiger partial charge in [-0.15, -0.1) is 0 Å². The Morgan fingerprint density at radius 2 is 2.27 bits per heavy atom. The molecule has 0 bridgehead atoms. The fourth-order valence-electron chi connectivity index (χ4n) is 1.49. The highest BCUT2D eigenvalue weighted by Gasteiger charge is 2.48. The van der Waals surface area contributed by atoms with Gasteiger partial charge in [0.15, 0.2) is 0 Å². The molecule has 0 aromatic heterocycles. The van der Waals surface area contributed by atoms with Crippen molar-refractivity contribution >= 4 is 0 Å². The van der Waals surface area contributed by atoms with Gasteiger partial charge in [0.25, 0.3) is 0 Å². The molecule has 0 saturated heterocycles. The van der Waals surface area contributed by atoms with E-state index in [0.717, 1.165) is 19.3 Å². The van der Waals surface area contributed by atoms with Gasteiger partial charge >= 0.3 is 0 Å². The number of rotatable bonds is 4. The first kappa shape index (κ1) is 8.79. The summed E-state index contributed by atoms with van der Waals surface area (Å²) in [7, 11) is 0. The second-order valence-electron chi connectivity index (χ2n) is 3.49. The SMILES string of the molecule is CCC/C=C/C1(O)CC1CC. The molecule has 1 aliphatic rings. The van der Waals surface area contributed by atoms with Crippen LogP contribution in [-0.4, -0.2) is 10.7 Å². The normalized spacial score (nSPS) is 36.5. The average molecular weight is 154 g/mol. The molecule has 2 unspecified atom stereocenters. The summed E-state index contributed by atoms with van der Waals surface area (Å²) in [4.78, 5) is 0. The molecule has 0 heterocycles. The Hall–Kier alpha value is -0.300. The van der Waals surface area contributed by atoms with Crippen LogP contribution in [0.15, 0.2) is 12.2 Å². The highest BCUT2D eigenvalue weighted by atomic mass is 16.3. The summed E-state index contributed by atoms with van der Waals surface area (Å²) >= 11 is 0. The van der Waals surface area contributed by atoms with Crippen LogP contribution >= 0.6 is 0 Å². The maximum absolute atomic E-state index is 9.73. The molecule has 0 radical (unpaired) electrons. The summed E-state index contributed by atoms with van der Waals surface area (Å²) in [5.41, 5.74) is -0.413. The molecule has 1 saturated carbocycles. The third-order valence-electron chi connectivity index (χ3n) is 2.47. The zero-order valence-corrected chi connectivity index (χ0v) is 7.51. The molecule has 1 aliphatic carbocycles. The maximum atomic E-state index is 9.73. The van der Waals surface area contributed by atoms with Crippen LogP contribution in [0.4, 0.5) is 0 Å². The van der Waals surface area contributed by atoms with Gasteiger partial charge in [-0.05, 0) is 18.8 Å². The largest absolute Gasteiger partial charge is 0.385 e. The lowest BCUT2D eigenvalue weighted by molar-refractivity contribution is 0.181. The molecule has 1 fully saturated rings. The van der Waals surface area contributed by atoms with Crippen molar-refractivity contribution in [1.29, 1.82) is 0 Å². The summed E-state index contributed by atoms with van der Waals surface area (Å²) in [6.45, 7) is 4.29. The van der Waals surface area contributed by atoms with E-state index in [1.54, 1.807) is 0 Å². The molecule has 0 aromatic rings. The summed E-state index contributed by atoms with van der Waals surface area (Å²) in [5.74, 6) is 0.538. The number of allylic oxidation sites excluding steroid dienone is 1. The Kier molecular flexibility index (Phi) is 2.72. The summed E-state index contributed by atoms with van der Waals surface area (Å²) < 4.78 is 0. The molecule has 1 nitrogen and oxygen atoms in total. The van der Waals surface area contributed by atoms with Crippen molar-refractivity contribution in [2.45, 2.75) is 45.1 Å². The van der Waals surface area contributed by atoms with Crippen molar-refractivity contribution in [3.8, 4) is 0 Å². The lowest BCUT2D eigenvalue weighted by Crippen LogP contribution is -2.05. The molecule has 1 heteroatoms. The van der Waals surface area contributed by atoms with Crippen molar-refractivity contribution in [1.82, 2.24) is 0 Å². The van der Waals surface area contributed by atoms with E-state index in [9.17, 15) is 5.11 Å². The topological polar surface area (TPSA) is 20.2 Å². The van der Waals surface area contributed by atoms with Gasteiger partial charge in [0.2, 0.25) is 0 Å². The summed E-state index contributed by atoms with van der Waals surface area (Å²) in [5, 5.41) is 9.73. The highest BCUT2D eigenvalue weighted by molar-refractivity contribution is 5.16. The number of unbranched alkanes of at least 4 members (excludes halogenated alkanes) is 1. The molecule has 0 amide bonds. The average Bonchev–Trinajstić information content (AvgIpc) is 2.63. The van der Waals surface area contributed by atoms with Crippen LogP contribution in [0.25, 0.3) is 0 Å². The van der Waals surface area contributed by atoms with E-state index in [1.165, 1.54) is 6.42 Å². The van der Waals surface area contributed by atoms with E-state index in [4.69, 9.17) is 0 Å². The molecule has 1 rings (SSSR count). The maximum Gasteiger partial charge on any atom is 0.0860 e. The van der Waals surface area contributed by atoms with Gasteiger partial charge in [0.05, 0.1) is 5.60 Å². The van der Waals surface area contributed by atoms with Crippen molar-refractivity contribution in [3.05, 3.63) is 12.2 Å². The molecule has 2 atom stereocenters. The predicted molar refractivity (Wildman–Crippen MR) is 47.4 cm³/mol. The molecule has 0 aliphatic heterocycles. The Bertz CT molecular complexity index is 151. The number of hydrogen-bond donors (Lipinski definition) is 1. The summed E-state index contributed by atoms with van der Waals surface area (Å²) in [6.07, 6.45) is 8.44. The Morgan fingerprint density at radius 1 is 1.55 bits per heavy atom. The fraction of sp³-hybridized carbons (Fsp3) is 0.800. The van der Waals surface area contributed by atoms with Crippen LogP contribution in [0, 0.1) is 5.92 Å². The molecule has 0 aromatic carbocycles. The predicted octanol–water partition coefficient (Wildman–Crippen LogP) is 2.50. The van der Waals surface area contributed by atoms with Crippen molar-refractivity contribution < 1.29 is 5.11 Å². The molecular formula is C10H18O. The van der Waals surface area contributed by atoms with Crippen LogP contribution in [0.3, 0.4) is 0 Å². The quantitative estimate of drug-likeness (QED) is 0.617. The van der Waals surface area contributed by atoms with Crippen LogP contribution in [0.1, 0.15) is 39.5 Å². The summed E-state index contributed by atoms with van der Waals surface area (Å²) in [6, 6.07) is 0. The number of aliphatic hydroxyl groups is 1. The third-order valence-corrected chi connectivity index (χ3v) is 2.47. The zero-order chi connectivity index (χ0) is 8.32. The third kappa shape index (κ3) is 2.06. The van der Waals surface area contributed by atoms with Crippen LogP contribution in [-0.2, 0) is 0 Å². The Labute approximate surface area is 69.1 Å². The van der Waals surface area contributed by atoms with Gasteiger partial charge in [-0.3, -0.25) is 0 Å². The molecular weight excluding hydrogens is 136 g/mol. The van der Waals surface area contributed by atoms with Crippen molar-refractivity contribution in [2.24, 2.45) is 5.92 Å². The van der Waals surface area contributed by atoms with Crippen LogP contribution in [0.2, 0.25) is 0 Å².